The standard InChI is InChI=1S/C42H36N4O4S2/c1-26-37(25-51-42-46-35-12-6-7-13-38(35)52-42)49-41(50-39(26)29-16-14-27(24-47)15-17-29)30-20-18-28(19-21-30)32-9-3-2-8-31(32)22-44-40(48)36-23-43-33-10-4-5-11-34(33)45-36/h2-21,23,26,37,39,41,47H,22,24-25H2,1H3,(H,44,48)/t26-,37+,39+,41+/m1/s1. The maximum atomic E-state index is 13.1. The molecule has 52 heavy (non-hydrogen) atoms. The highest BCUT2D eigenvalue weighted by atomic mass is 32.2. The van der Waals surface area contributed by atoms with E-state index in [1.54, 1.807) is 23.1 Å². The molecule has 4 atom stereocenters. The van der Waals surface area contributed by atoms with Crippen LogP contribution in [0.2, 0.25) is 0 Å². The van der Waals surface area contributed by atoms with Crippen molar-refractivity contribution < 1.29 is 19.4 Å². The number of thiazole rings is 1. The number of hydrogen-bond acceptors (Lipinski definition) is 9. The van der Waals surface area contributed by atoms with Crippen LogP contribution in [0.3, 0.4) is 0 Å². The van der Waals surface area contributed by atoms with Crippen molar-refractivity contribution in [2.75, 3.05) is 5.75 Å². The van der Waals surface area contributed by atoms with Crippen LogP contribution in [-0.4, -0.2) is 37.8 Å². The Balaban J connectivity index is 1.00. The number of thioether (sulfide) groups is 1. The van der Waals surface area contributed by atoms with E-state index in [1.807, 2.05) is 84.9 Å². The van der Waals surface area contributed by atoms with E-state index in [1.165, 1.54) is 10.9 Å². The lowest BCUT2D eigenvalue weighted by Gasteiger charge is -2.41. The fourth-order valence-corrected chi connectivity index (χ4v) is 8.74. The highest BCUT2D eigenvalue weighted by molar-refractivity contribution is 8.01. The van der Waals surface area contributed by atoms with Crippen LogP contribution >= 0.6 is 23.1 Å². The summed E-state index contributed by atoms with van der Waals surface area (Å²) in [4.78, 5) is 26.8. The normalized spacial score (nSPS) is 18.8. The lowest BCUT2D eigenvalue weighted by Crippen LogP contribution is -2.38. The van der Waals surface area contributed by atoms with E-state index in [0.29, 0.717) is 12.1 Å². The molecule has 8 nitrogen and oxygen atoms in total. The van der Waals surface area contributed by atoms with Gasteiger partial charge in [0.15, 0.2) is 10.6 Å². The third-order valence-electron chi connectivity index (χ3n) is 9.40. The first-order valence-corrected chi connectivity index (χ1v) is 19.0. The number of benzene rings is 5. The van der Waals surface area contributed by atoms with Gasteiger partial charge in [-0.2, -0.15) is 0 Å². The summed E-state index contributed by atoms with van der Waals surface area (Å²) in [6.07, 6.45) is 0.627. The van der Waals surface area contributed by atoms with Gasteiger partial charge in [-0.1, -0.05) is 116 Å². The Hall–Kier alpha value is -4.97. The smallest absolute Gasteiger partial charge is 0.271 e. The van der Waals surface area contributed by atoms with Crippen molar-refractivity contribution in [3.63, 3.8) is 0 Å². The fraction of sp³-hybridized carbons (Fsp3) is 0.190. The highest BCUT2D eigenvalue weighted by Crippen LogP contribution is 2.44. The molecular formula is C42H36N4O4S2. The Morgan fingerprint density at radius 3 is 2.31 bits per heavy atom. The second-order valence-electron chi connectivity index (χ2n) is 12.8. The molecule has 1 saturated heterocycles. The largest absolute Gasteiger partial charge is 0.392 e. The van der Waals surface area contributed by atoms with Gasteiger partial charge in [0.25, 0.3) is 5.91 Å². The number of ether oxygens (including phenoxy) is 2. The fourth-order valence-electron chi connectivity index (χ4n) is 6.48. The Kier molecular flexibility index (Phi) is 10.1. The molecule has 0 unspecified atom stereocenters. The Bertz CT molecular complexity index is 2300. The first-order chi connectivity index (χ1) is 25.5. The second kappa shape index (κ2) is 15.3. The molecular weight excluding hydrogens is 689 g/mol. The van der Waals surface area contributed by atoms with Crippen LogP contribution < -0.4 is 5.32 Å². The number of para-hydroxylation sites is 3. The molecule has 5 aromatic carbocycles. The second-order valence-corrected chi connectivity index (χ2v) is 15.1. The average molecular weight is 725 g/mol. The van der Waals surface area contributed by atoms with E-state index >= 15 is 0 Å². The summed E-state index contributed by atoms with van der Waals surface area (Å²) in [6, 6.07) is 40.0. The molecule has 2 aromatic heterocycles. The van der Waals surface area contributed by atoms with Gasteiger partial charge in [0.05, 0.1) is 46.3 Å². The number of hydrogen-bond donors (Lipinski definition) is 2. The van der Waals surface area contributed by atoms with Crippen LogP contribution in [0.5, 0.6) is 0 Å². The summed E-state index contributed by atoms with van der Waals surface area (Å²) in [5.74, 6) is 0.523. The van der Waals surface area contributed by atoms with E-state index in [9.17, 15) is 9.90 Å². The van der Waals surface area contributed by atoms with E-state index in [0.717, 1.165) is 54.5 Å². The van der Waals surface area contributed by atoms with Gasteiger partial charge in [-0.05, 0) is 52.1 Å². The minimum Gasteiger partial charge on any atom is -0.392 e. The molecule has 1 fully saturated rings. The summed E-state index contributed by atoms with van der Waals surface area (Å²) >= 11 is 3.42. The van der Waals surface area contributed by atoms with Gasteiger partial charge in [0.2, 0.25) is 0 Å². The highest BCUT2D eigenvalue weighted by Gasteiger charge is 2.38. The molecule has 2 N–H and O–H groups in total. The Morgan fingerprint density at radius 2 is 1.52 bits per heavy atom. The van der Waals surface area contributed by atoms with Crippen LogP contribution in [0.25, 0.3) is 32.4 Å². The zero-order valence-corrected chi connectivity index (χ0v) is 30.0. The maximum Gasteiger partial charge on any atom is 0.271 e. The zero-order chi connectivity index (χ0) is 35.4. The minimum atomic E-state index is -0.577. The predicted octanol–water partition coefficient (Wildman–Crippen LogP) is 8.91. The first-order valence-electron chi connectivity index (χ1n) is 17.2. The molecule has 1 aliphatic heterocycles. The third kappa shape index (κ3) is 7.34. The van der Waals surface area contributed by atoms with Gasteiger partial charge in [-0.3, -0.25) is 9.78 Å². The lowest BCUT2D eigenvalue weighted by atomic mass is 9.91. The van der Waals surface area contributed by atoms with Crippen molar-refractivity contribution in [2.24, 2.45) is 5.92 Å². The molecule has 7 aromatic rings. The van der Waals surface area contributed by atoms with Crippen LogP contribution in [0.1, 0.15) is 52.1 Å². The van der Waals surface area contributed by atoms with Crippen molar-refractivity contribution in [3.05, 3.63) is 155 Å². The minimum absolute atomic E-state index is 0.00445. The maximum absolute atomic E-state index is 13.1. The summed E-state index contributed by atoms with van der Waals surface area (Å²) in [7, 11) is 0. The van der Waals surface area contributed by atoms with Crippen LogP contribution in [0.4, 0.5) is 0 Å². The molecule has 8 rings (SSSR count). The number of aliphatic hydroxyl groups is 1. The van der Waals surface area contributed by atoms with E-state index in [4.69, 9.17) is 14.5 Å². The summed E-state index contributed by atoms with van der Waals surface area (Å²) in [5.41, 5.74) is 8.57. The third-order valence-corrected chi connectivity index (χ3v) is 11.7. The van der Waals surface area contributed by atoms with Crippen molar-refractivity contribution in [3.8, 4) is 11.1 Å². The van der Waals surface area contributed by atoms with E-state index in [2.05, 4.69) is 58.6 Å². The molecule has 1 amide bonds. The van der Waals surface area contributed by atoms with Gasteiger partial charge in [0, 0.05) is 23.8 Å². The van der Waals surface area contributed by atoms with Crippen LogP contribution in [0.15, 0.2) is 132 Å². The van der Waals surface area contributed by atoms with Gasteiger partial charge in [-0.15, -0.1) is 11.3 Å². The van der Waals surface area contributed by atoms with Gasteiger partial charge in [0.1, 0.15) is 5.69 Å². The number of fused-ring (bicyclic) bond motifs is 2. The number of rotatable bonds is 10. The summed E-state index contributed by atoms with van der Waals surface area (Å²) < 4.78 is 15.6. The number of carbonyl (C=O) groups is 1. The van der Waals surface area contributed by atoms with Crippen molar-refractivity contribution in [2.45, 2.75) is 42.9 Å². The lowest BCUT2D eigenvalue weighted by molar-refractivity contribution is -0.268. The topological polar surface area (TPSA) is 106 Å². The quantitative estimate of drug-likeness (QED) is 0.135. The van der Waals surface area contributed by atoms with Crippen molar-refractivity contribution in [1.29, 1.82) is 0 Å². The Labute approximate surface area is 309 Å². The summed E-state index contributed by atoms with van der Waals surface area (Å²) in [5, 5.41) is 12.6. The molecule has 0 bridgehead atoms. The SMILES string of the molecule is C[C@@H]1[C@H](CSc2nc3ccccc3s2)O[C@H](c2ccc(-c3ccccc3CNC(=O)c3cnc4ccccc4n3)cc2)O[C@@H]1c1ccc(CO)cc1. The summed E-state index contributed by atoms with van der Waals surface area (Å²) in [6.45, 7) is 2.51. The van der Waals surface area contributed by atoms with Gasteiger partial charge >= 0.3 is 0 Å². The number of aliphatic hydroxyl groups excluding tert-OH is 1. The molecule has 260 valence electrons. The first kappa shape index (κ1) is 34.1. The molecule has 0 spiro atoms. The number of amides is 1. The number of nitrogens with one attached hydrogen (secondary N) is 1. The Morgan fingerprint density at radius 1 is 0.808 bits per heavy atom. The van der Waals surface area contributed by atoms with Crippen LogP contribution in [-0.2, 0) is 22.6 Å². The van der Waals surface area contributed by atoms with Crippen molar-refractivity contribution >= 4 is 50.3 Å². The van der Waals surface area contributed by atoms with Gasteiger partial charge < -0.3 is 19.9 Å². The van der Waals surface area contributed by atoms with E-state index < -0.39 is 6.29 Å². The molecule has 3 heterocycles. The van der Waals surface area contributed by atoms with E-state index in [-0.39, 0.29) is 36.3 Å². The van der Waals surface area contributed by atoms with Gasteiger partial charge in [-0.25, -0.2) is 9.97 Å². The molecule has 0 radical (unpaired) electrons. The van der Waals surface area contributed by atoms with Crippen molar-refractivity contribution in [1.82, 2.24) is 20.3 Å². The van der Waals surface area contributed by atoms with Crippen LogP contribution in [0, 0.1) is 5.92 Å². The zero-order valence-electron chi connectivity index (χ0n) is 28.4. The molecule has 0 aliphatic carbocycles. The number of aromatic nitrogens is 3. The predicted molar refractivity (Wildman–Crippen MR) is 206 cm³/mol. The number of carbonyl (C=O) groups excluding carboxylic acids is 1. The molecule has 10 heteroatoms. The molecule has 1 aliphatic rings. The molecule has 0 saturated carbocycles. The number of nitrogens with zero attached hydrogens (tertiary/aromatic N) is 3. The average Bonchev–Trinajstić information content (AvgIpc) is 3.63. The monoisotopic (exact) mass is 724 g/mol.